The summed E-state index contributed by atoms with van der Waals surface area (Å²) in [4.78, 5) is 39.1. The van der Waals surface area contributed by atoms with E-state index >= 15 is 4.39 Å². The van der Waals surface area contributed by atoms with Gasteiger partial charge in [0.1, 0.15) is 40.1 Å². The number of benzene rings is 1. The number of nitrogens with zero attached hydrogens (tertiary/aromatic N) is 5. The summed E-state index contributed by atoms with van der Waals surface area (Å²) in [7, 11) is 0. The minimum atomic E-state index is -0.721. The van der Waals surface area contributed by atoms with Gasteiger partial charge in [-0.2, -0.15) is 4.98 Å². The van der Waals surface area contributed by atoms with Gasteiger partial charge in [0.15, 0.2) is 11.4 Å². The van der Waals surface area contributed by atoms with Gasteiger partial charge in [0.2, 0.25) is 5.91 Å². The molecular weight excluding hydrogens is 541 g/mol. The molecule has 3 aromatic rings. The minimum Gasteiger partial charge on any atom is -0.507 e. The average Bonchev–Trinajstić information content (AvgIpc) is 3.07. The Hall–Kier alpha value is -3.70. The number of amides is 1. The largest absolute Gasteiger partial charge is 0.507 e. The van der Waals surface area contributed by atoms with Crippen LogP contribution in [-0.4, -0.2) is 74.9 Å². The molecule has 0 bridgehead atoms. The molecule has 0 radical (unpaired) electrons. The van der Waals surface area contributed by atoms with Crippen LogP contribution in [0.25, 0.3) is 22.3 Å². The zero-order chi connectivity index (χ0) is 28.3. The van der Waals surface area contributed by atoms with Gasteiger partial charge < -0.3 is 24.4 Å². The maximum absolute atomic E-state index is 15.1. The summed E-state index contributed by atoms with van der Waals surface area (Å²) in [6.07, 6.45) is 2.34. The second kappa shape index (κ2) is 9.74. The zero-order valence-electron chi connectivity index (χ0n) is 22.2. The van der Waals surface area contributed by atoms with Gasteiger partial charge in [-0.15, -0.1) is 0 Å². The van der Waals surface area contributed by atoms with E-state index < -0.39 is 17.1 Å². The van der Waals surface area contributed by atoms with Crippen LogP contribution in [0, 0.1) is 5.82 Å². The Morgan fingerprint density at radius 1 is 1.27 bits per heavy atom. The number of pyridine rings is 1. The van der Waals surface area contributed by atoms with Crippen LogP contribution < -0.4 is 15.3 Å². The maximum Gasteiger partial charge on any atom is 0.351 e. The molecule has 0 aliphatic carbocycles. The molecule has 6 rings (SSSR count). The van der Waals surface area contributed by atoms with Gasteiger partial charge in [0.25, 0.3) is 0 Å². The van der Waals surface area contributed by atoms with Crippen LogP contribution in [0.15, 0.2) is 35.6 Å². The Balaban J connectivity index is 1.62. The van der Waals surface area contributed by atoms with Crippen molar-refractivity contribution in [3.05, 3.63) is 52.2 Å². The van der Waals surface area contributed by atoms with E-state index in [1.54, 1.807) is 4.90 Å². The van der Waals surface area contributed by atoms with E-state index in [1.165, 1.54) is 28.8 Å². The lowest BCUT2D eigenvalue weighted by atomic mass is 9.93. The number of fused-ring (bicyclic) bond motifs is 2. The third-order valence-electron chi connectivity index (χ3n) is 7.86. The second-order valence-corrected chi connectivity index (χ2v) is 11.3. The van der Waals surface area contributed by atoms with Crippen LogP contribution in [0.3, 0.4) is 0 Å². The molecule has 1 N–H and O–H groups in total. The number of ether oxygens (including phenoxy) is 2. The Labute approximate surface area is 234 Å². The van der Waals surface area contributed by atoms with E-state index in [4.69, 9.17) is 26.1 Å². The highest BCUT2D eigenvalue weighted by Crippen LogP contribution is 2.47. The molecule has 2 fully saturated rings. The van der Waals surface area contributed by atoms with Gasteiger partial charge in [-0.05, 0) is 44.9 Å². The number of carbonyl (C=O) groups is 1. The molecule has 0 spiro atoms. The summed E-state index contributed by atoms with van der Waals surface area (Å²) >= 11 is 6.87. The number of carbonyl (C=O) groups excluding carboxylic acids is 1. The summed E-state index contributed by atoms with van der Waals surface area (Å²) in [5.74, 6) is -0.719. The average molecular weight is 570 g/mol. The number of anilines is 1. The monoisotopic (exact) mass is 569 g/mol. The fourth-order valence-electron chi connectivity index (χ4n) is 5.99. The summed E-state index contributed by atoms with van der Waals surface area (Å²) in [6, 6.07) is 3.29. The quantitative estimate of drug-likeness (QED) is 0.476. The molecule has 0 unspecified atom stereocenters. The summed E-state index contributed by atoms with van der Waals surface area (Å²) in [6.45, 7) is 9.18. The van der Waals surface area contributed by atoms with Crippen molar-refractivity contribution < 1.29 is 23.8 Å². The molecule has 3 aliphatic heterocycles. The smallest absolute Gasteiger partial charge is 0.351 e. The predicted octanol–water partition coefficient (Wildman–Crippen LogP) is 3.68. The third-order valence-corrected chi connectivity index (χ3v) is 8.21. The fraction of sp³-hybridized carbons (Fsp3) is 0.429. The van der Waals surface area contributed by atoms with E-state index in [1.807, 2.05) is 18.7 Å². The third kappa shape index (κ3) is 4.28. The Bertz CT molecular complexity index is 1590. The summed E-state index contributed by atoms with van der Waals surface area (Å²) in [5, 5.41) is 11.0. The first kappa shape index (κ1) is 26.5. The SMILES string of the molecule is C=CC(=O)N1CCN2c3nc(=O)n([C@H]4CCOC(C)(C)C4)c4nc(-c5c(O)cccc5F)c(Cl)c(c34)OC[C@H]2C1. The molecule has 5 heterocycles. The molecule has 10 nitrogen and oxygen atoms in total. The lowest BCUT2D eigenvalue weighted by molar-refractivity contribution is -0.126. The van der Waals surface area contributed by atoms with Crippen LogP contribution in [0.4, 0.5) is 10.2 Å². The van der Waals surface area contributed by atoms with E-state index in [2.05, 4.69) is 11.6 Å². The highest BCUT2D eigenvalue weighted by molar-refractivity contribution is 6.36. The van der Waals surface area contributed by atoms with Gasteiger partial charge in [-0.25, -0.2) is 14.2 Å². The maximum atomic E-state index is 15.1. The molecule has 2 atom stereocenters. The molecule has 40 heavy (non-hydrogen) atoms. The number of phenols is 1. The number of hydrogen-bond acceptors (Lipinski definition) is 8. The van der Waals surface area contributed by atoms with Crippen LogP contribution in [0.5, 0.6) is 11.5 Å². The van der Waals surface area contributed by atoms with Gasteiger partial charge in [0.05, 0.1) is 17.2 Å². The molecule has 3 aliphatic rings. The van der Waals surface area contributed by atoms with Crippen molar-refractivity contribution >= 4 is 34.4 Å². The number of aromatic nitrogens is 3. The van der Waals surface area contributed by atoms with E-state index in [-0.39, 0.29) is 58.0 Å². The number of piperazine rings is 1. The molecule has 1 amide bonds. The van der Waals surface area contributed by atoms with Gasteiger partial charge in [-0.1, -0.05) is 24.2 Å². The number of aromatic hydroxyl groups is 1. The number of hydrogen-bond donors (Lipinski definition) is 1. The first-order valence-electron chi connectivity index (χ1n) is 13.2. The number of halogens is 2. The van der Waals surface area contributed by atoms with Crippen LogP contribution >= 0.6 is 11.6 Å². The Morgan fingerprint density at radius 2 is 2.08 bits per heavy atom. The predicted molar refractivity (Wildman–Crippen MR) is 148 cm³/mol. The highest BCUT2D eigenvalue weighted by Gasteiger charge is 2.39. The van der Waals surface area contributed by atoms with Crippen molar-refractivity contribution in [2.75, 3.05) is 37.7 Å². The minimum absolute atomic E-state index is 0.00710. The second-order valence-electron chi connectivity index (χ2n) is 10.9. The molecule has 0 saturated carbocycles. The number of phenolic OH excluding ortho intramolecular Hbond substituents is 1. The summed E-state index contributed by atoms with van der Waals surface area (Å²) < 4.78 is 28.8. The lowest BCUT2D eigenvalue weighted by Crippen LogP contribution is -2.56. The molecule has 1 aromatic carbocycles. The lowest BCUT2D eigenvalue weighted by Gasteiger charge is -2.40. The molecule has 2 saturated heterocycles. The van der Waals surface area contributed by atoms with Crippen LogP contribution in [-0.2, 0) is 9.53 Å². The standard InChI is InChI=1S/C28H29ClFN5O5/c1-4-19(37)33-9-10-34-16(13-33)14-39-24-21-25(34)32-27(38)35(15-8-11-40-28(2,3)12-15)26(21)31-23(22(24)29)20-17(30)6-5-7-18(20)36/h4-7,15-16,36H,1,8-14H2,2-3H3/t15-,16+/m0/s1. The van der Waals surface area contributed by atoms with Gasteiger partial charge >= 0.3 is 5.69 Å². The molecule has 2 aromatic heterocycles. The van der Waals surface area contributed by atoms with Crippen molar-refractivity contribution in [1.29, 1.82) is 0 Å². The summed E-state index contributed by atoms with van der Waals surface area (Å²) in [5.41, 5.74) is -0.998. The molecular formula is C28H29ClFN5O5. The van der Waals surface area contributed by atoms with E-state index in [0.717, 1.165) is 0 Å². The fourth-order valence-corrected chi connectivity index (χ4v) is 6.27. The Morgan fingerprint density at radius 3 is 2.80 bits per heavy atom. The van der Waals surface area contributed by atoms with Crippen molar-refractivity contribution in [3.8, 4) is 22.8 Å². The van der Waals surface area contributed by atoms with Crippen LogP contribution in [0.1, 0.15) is 32.7 Å². The number of rotatable bonds is 3. The van der Waals surface area contributed by atoms with E-state index in [0.29, 0.717) is 50.3 Å². The van der Waals surface area contributed by atoms with Gasteiger partial charge in [-0.3, -0.25) is 9.36 Å². The normalized spacial score (nSPS) is 21.9. The zero-order valence-corrected chi connectivity index (χ0v) is 22.9. The van der Waals surface area contributed by atoms with Crippen molar-refractivity contribution in [3.63, 3.8) is 0 Å². The first-order chi connectivity index (χ1) is 19.1. The van der Waals surface area contributed by atoms with Crippen molar-refractivity contribution in [2.24, 2.45) is 0 Å². The van der Waals surface area contributed by atoms with Crippen molar-refractivity contribution in [2.45, 2.75) is 44.4 Å². The molecule has 12 heteroatoms. The first-order valence-corrected chi connectivity index (χ1v) is 13.6. The van der Waals surface area contributed by atoms with Gasteiger partial charge in [0, 0.05) is 32.3 Å². The Kier molecular flexibility index (Phi) is 6.46. The molecule has 210 valence electrons. The topological polar surface area (TPSA) is 110 Å². The van der Waals surface area contributed by atoms with E-state index in [9.17, 15) is 14.7 Å². The van der Waals surface area contributed by atoms with Crippen molar-refractivity contribution in [1.82, 2.24) is 19.4 Å². The van der Waals surface area contributed by atoms with Crippen LogP contribution in [0.2, 0.25) is 5.02 Å². The highest BCUT2D eigenvalue weighted by atomic mass is 35.5.